The number of nitrogens with zero attached hydrogens (tertiary/aromatic N) is 2. The van der Waals surface area contributed by atoms with E-state index in [0.717, 1.165) is 0 Å². The molecule has 1 saturated heterocycles. The maximum absolute atomic E-state index is 12.9. The van der Waals surface area contributed by atoms with E-state index in [1.165, 1.54) is 11.9 Å². The summed E-state index contributed by atoms with van der Waals surface area (Å²) < 4.78 is 28.7. The molecule has 1 atom stereocenters. The van der Waals surface area contributed by atoms with Gasteiger partial charge in [0.15, 0.2) is 16.4 Å². The fourth-order valence-corrected chi connectivity index (χ4v) is 5.75. The number of esters is 1. The third-order valence-electron chi connectivity index (χ3n) is 5.56. The minimum absolute atomic E-state index is 0.0584. The zero-order valence-corrected chi connectivity index (χ0v) is 18.9. The number of amides is 1. The quantitative estimate of drug-likeness (QED) is 0.528. The van der Waals surface area contributed by atoms with E-state index in [0.29, 0.717) is 33.6 Å². The summed E-state index contributed by atoms with van der Waals surface area (Å²) >= 11 is 6.31. The number of sulfone groups is 1. The van der Waals surface area contributed by atoms with Crippen molar-refractivity contribution in [2.45, 2.75) is 12.5 Å². The van der Waals surface area contributed by atoms with E-state index in [9.17, 15) is 18.0 Å². The number of pyridine rings is 1. The molecule has 9 heteroatoms. The topological polar surface area (TPSA) is 93.6 Å². The molecule has 0 bridgehead atoms. The summed E-state index contributed by atoms with van der Waals surface area (Å²) in [4.78, 5) is 31.4. The summed E-state index contributed by atoms with van der Waals surface area (Å²) in [5.74, 6) is -1.13. The van der Waals surface area contributed by atoms with Gasteiger partial charge in [0.1, 0.15) is 0 Å². The first-order valence-corrected chi connectivity index (χ1v) is 12.2. The molecule has 2 aromatic carbocycles. The second kappa shape index (κ2) is 8.88. The van der Waals surface area contributed by atoms with Gasteiger partial charge in [-0.15, -0.1) is 0 Å². The molecule has 3 aromatic rings. The normalized spacial score (nSPS) is 17.2. The number of hydrogen-bond donors (Lipinski definition) is 0. The maximum atomic E-state index is 12.9. The van der Waals surface area contributed by atoms with Crippen LogP contribution >= 0.6 is 11.6 Å². The van der Waals surface area contributed by atoms with Crippen molar-refractivity contribution in [2.75, 3.05) is 25.2 Å². The van der Waals surface area contributed by atoms with Gasteiger partial charge in [-0.3, -0.25) is 4.79 Å². The first-order valence-electron chi connectivity index (χ1n) is 10.0. The van der Waals surface area contributed by atoms with Gasteiger partial charge in [-0.1, -0.05) is 48.0 Å². The van der Waals surface area contributed by atoms with Crippen molar-refractivity contribution in [1.82, 2.24) is 9.88 Å². The Bertz CT molecular complexity index is 1310. The van der Waals surface area contributed by atoms with Crippen LogP contribution in [-0.4, -0.2) is 61.4 Å². The first kappa shape index (κ1) is 22.2. The van der Waals surface area contributed by atoms with E-state index in [4.69, 9.17) is 16.3 Å². The fraction of sp³-hybridized carbons (Fsp3) is 0.261. The van der Waals surface area contributed by atoms with E-state index >= 15 is 0 Å². The second-order valence-corrected chi connectivity index (χ2v) is 10.3. The maximum Gasteiger partial charge on any atom is 0.339 e. The molecule has 0 N–H and O–H groups in total. The average molecular weight is 473 g/mol. The molecule has 32 heavy (non-hydrogen) atoms. The predicted octanol–water partition coefficient (Wildman–Crippen LogP) is 3.36. The third kappa shape index (κ3) is 4.61. The second-order valence-electron chi connectivity index (χ2n) is 7.69. The van der Waals surface area contributed by atoms with Crippen LogP contribution in [0.3, 0.4) is 0 Å². The Morgan fingerprint density at radius 1 is 1.16 bits per heavy atom. The molecule has 166 valence electrons. The minimum atomic E-state index is -3.13. The number of aromatic nitrogens is 1. The van der Waals surface area contributed by atoms with Crippen LogP contribution in [0.25, 0.3) is 22.2 Å². The SMILES string of the molecule is CN(C(=O)COC(=O)c1cc(-c2ccccc2Cl)nc2ccccc12)[C@@H]1CCS(=O)(=O)C1. The van der Waals surface area contributed by atoms with E-state index < -0.39 is 34.4 Å². The van der Waals surface area contributed by atoms with Gasteiger partial charge < -0.3 is 9.64 Å². The summed E-state index contributed by atoms with van der Waals surface area (Å²) in [6, 6.07) is 15.5. The lowest BCUT2D eigenvalue weighted by Gasteiger charge is -2.23. The Hall–Kier alpha value is -2.97. The van der Waals surface area contributed by atoms with Crippen LogP contribution < -0.4 is 0 Å². The number of carbonyl (C=O) groups is 2. The van der Waals surface area contributed by atoms with Gasteiger partial charge in [0.05, 0.1) is 28.3 Å². The van der Waals surface area contributed by atoms with Gasteiger partial charge in [0, 0.05) is 29.1 Å². The molecule has 7 nitrogen and oxygen atoms in total. The third-order valence-corrected chi connectivity index (χ3v) is 7.64. The molecule has 0 radical (unpaired) electrons. The van der Waals surface area contributed by atoms with Crippen molar-refractivity contribution in [3.05, 3.63) is 65.2 Å². The lowest BCUT2D eigenvalue weighted by atomic mass is 10.0. The van der Waals surface area contributed by atoms with E-state index in [1.54, 1.807) is 36.4 Å². The van der Waals surface area contributed by atoms with Crippen molar-refractivity contribution in [3.63, 3.8) is 0 Å². The zero-order valence-electron chi connectivity index (χ0n) is 17.3. The number of rotatable bonds is 5. The molecule has 1 amide bonds. The Morgan fingerprint density at radius 2 is 1.88 bits per heavy atom. The monoisotopic (exact) mass is 472 g/mol. The van der Waals surface area contributed by atoms with E-state index in [1.807, 2.05) is 18.2 Å². The van der Waals surface area contributed by atoms with Crippen LogP contribution in [0.5, 0.6) is 0 Å². The van der Waals surface area contributed by atoms with Gasteiger partial charge in [0.25, 0.3) is 5.91 Å². The molecule has 2 heterocycles. The summed E-state index contributed by atoms with van der Waals surface area (Å²) in [6.07, 6.45) is 0.384. The Morgan fingerprint density at radius 3 is 2.59 bits per heavy atom. The summed E-state index contributed by atoms with van der Waals surface area (Å²) in [5.41, 5.74) is 2.05. The number of benzene rings is 2. The lowest BCUT2D eigenvalue weighted by molar-refractivity contribution is -0.134. The van der Waals surface area contributed by atoms with Crippen LogP contribution in [0.4, 0.5) is 0 Å². The Kier molecular flexibility index (Phi) is 6.17. The summed E-state index contributed by atoms with van der Waals surface area (Å²) in [6.45, 7) is -0.482. The van der Waals surface area contributed by atoms with Gasteiger partial charge in [-0.2, -0.15) is 0 Å². The molecular weight excluding hydrogens is 452 g/mol. The molecule has 1 aliphatic rings. The molecule has 1 aromatic heterocycles. The molecule has 0 aliphatic carbocycles. The van der Waals surface area contributed by atoms with Crippen molar-refractivity contribution in [3.8, 4) is 11.3 Å². The van der Waals surface area contributed by atoms with Gasteiger partial charge in [0.2, 0.25) is 0 Å². The highest BCUT2D eigenvalue weighted by Gasteiger charge is 2.33. The van der Waals surface area contributed by atoms with Crippen molar-refractivity contribution >= 4 is 44.2 Å². The van der Waals surface area contributed by atoms with Crippen LogP contribution in [0.1, 0.15) is 16.8 Å². The highest BCUT2D eigenvalue weighted by atomic mass is 35.5. The number of para-hydroxylation sites is 1. The first-order chi connectivity index (χ1) is 15.2. The Labute approximate surface area is 190 Å². The highest BCUT2D eigenvalue weighted by molar-refractivity contribution is 7.91. The Balaban J connectivity index is 1.57. The number of halogens is 1. The van der Waals surface area contributed by atoms with Gasteiger partial charge in [-0.05, 0) is 24.6 Å². The van der Waals surface area contributed by atoms with E-state index in [-0.39, 0.29) is 17.1 Å². The van der Waals surface area contributed by atoms with Crippen LogP contribution in [0.2, 0.25) is 5.02 Å². The number of carbonyl (C=O) groups excluding carboxylic acids is 2. The van der Waals surface area contributed by atoms with Crippen molar-refractivity contribution < 1.29 is 22.7 Å². The molecule has 0 spiro atoms. The minimum Gasteiger partial charge on any atom is -0.452 e. The summed E-state index contributed by atoms with van der Waals surface area (Å²) in [5, 5.41) is 1.09. The van der Waals surface area contributed by atoms with Crippen LogP contribution in [0, 0.1) is 0 Å². The molecule has 0 unspecified atom stereocenters. The fourth-order valence-electron chi connectivity index (χ4n) is 3.74. The summed E-state index contributed by atoms with van der Waals surface area (Å²) in [7, 11) is -1.60. The standard InChI is InChI=1S/C23H21ClN2O5S/c1-26(15-10-11-32(29,30)14-15)22(27)13-31-23(28)18-12-21(17-7-2-4-8-19(17)24)25-20-9-5-3-6-16(18)20/h2-9,12,15H,10-11,13-14H2,1H3/t15-/m1/s1. The molecule has 0 saturated carbocycles. The number of hydrogen-bond acceptors (Lipinski definition) is 6. The van der Waals surface area contributed by atoms with Crippen LogP contribution in [-0.2, 0) is 19.4 Å². The van der Waals surface area contributed by atoms with Gasteiger partial charge in [-0.25, -0.2) is 18.2 Å². The zero-order chi connectivity index (χ0) is 22.9. The molecule has 1 aliphatic heterocycles. The van der Waals surface area contributed by atoms with Crippen molar-refractivity contribution in [2.24, 2.45) is 0 Å². The van der Waals surface area contributed by atoms with E-state index in [2.05, 4.69) is 4.98 Å². The predicted molar refractivity (Wildman–Crippen MR) is 122 cm³/mol. The number of likely N-dealkylation sites (N-methyl/N-ethyl adjacent to an activating group) is 1. The molecular formula is C23H21ClN2O5S. The highest BCUT2D eigenvalue weighted by Crippen LogP contribution is 2.30. The van der Waals surface area contributed by atoms with Crippen LogP contribution in [0.15, 0.2) is 54.6 Å². The number of fused-ring (bicyclic) bond motifs is 1. The number of ether oxygens (including phenoxy) is 1. The van der Waals surface area contributed by atoms with Crippen molar-refractivity contribution in [1.29, 1.82) is 0 Å². The lowest BCUT2D eigenvalue weighted by Crippen LogP contribution is -2.40. The largest absolute Gasteiger partial charge is 0.452 e. The van der Waals surface area contributed by atoms with Gasteiger partial charge >= 0.3 is 5.97 Å². The molecule has 4 rings (SSSR count). The smallest absolute Gasteiger partial charge is 0.339 e. The molecule has 1 fully saturated rings. The average Bonchev–Trinajstić information content (AvgIpc) is 3.15.